The van der Waals surface area contributed by atoms with Gasteiger partial charge in [-0.1, -0.05) is 6.92 Å². The number of methoxy groups -OCH3 is 1. The first-order chi connectivity index (χ1) is 5.69. The van der Waals surface area contributed by atoms with Crippen molar-refractivity contribution in [2.75, 3.05) is 7.11 Å². The number of ether oxygens (including phenoxy) is 1. The van der Waals surface area contributed by atoms with E-state index in [2.05, 4.69) is 4.74 Å². The van der Waals surface area contributed by atoms with E-state index in [-0.39, 0.29) is 5.75 Å². The summed E-state index contributed by atoms with van der Waals surface area (Å²) in [6, 6.07) is 2.56. The lowest BCUT2D eigenvalue weighted by Gasteiger charge is -2.04. The van der Waals surface area contributed by atoms with Crippen LogP contribution in [0.25, 0.3) is 0 Å². The van der Waals surface area contributed by atoms with Gasteiger partial charge in [-0.05, 0) is 24.1 Å². The molecule has 0 amide bonds. The van der Waals surface area contributed by atoms with E-state index in [9.17, 15) is 8.78 Å². The lowest BCUT2D eigenvalue weighted by molar-refractivity contribution is 0.359. The Morgan fingerprint density at radius 2 is 1.75 bits per heavy atom. The van der Waals surface area contributed by atoms with E-state index >= 15 is 0 Å². The molecule has 1 aromatic carbocycles. The van der Waals surface area contributed by atoms with Crippen molar-refractivity contribution in [2.24, 2.45) is 0 Å². The topological polar surface area (TPSA) is 9.23 Å². The molecule has 0 radical (unpaired) electrons. The molecule has 0 N–H and O–H groups in total. The number of benzene rings is 1. The third kappa shape index (κ3) is 1.55. The molecule has 12 heavy (non-hydrogen) atoms. The monoisotopic (exact) mass is 172 g/mol. The van der Waals surface area contributed by atoms with Gasteiger partial charge in [-0.3, -0.25) is 0 Å². The molecule has 0 saturated heterocycles. The minimum absolute atomic E-state index is 0.313. The largest absolute Gasteiger partial charge is 0.491 e. The first-order valence-electron chi connectivity index (χ1n) is 3.71. The summed E-state index contributed by atoms with van der Waals surface area (Å²) < 4.78 is 30.4. The molecule has 1 aromatic rings. The first-order valence-corrected chi connectivity index (χ1v) is 3.71. The van der Waals surface area contributed by atoms with Crippen LogP contribution in [-0.2, 0) is 6.42 Å². The summed E-state index contributed by atoms with van der Waals surface area (Å²) in [5.41, 5.74) is 0.630. The Balaban J connectivity index is 3.18. The minimum atomic E-state index is -0.644. The Bertz CT molecular complexity index is 261. The number of hydrogen-bond acceptors (Lipinski definition) is 1. The van der Waals surface area contributed by atoms with Crippen molar-refractivity contribution in [3.63, 3.8) is 0 Å². The van der Waals surface area contributed by atoms with E-state index in [0.717, 1.165) is 0 Å². The van der Waals surface area contributed by atoms with Crippen LogP contribution < -0.4 is 4.74 Å². The van der Waals surface area contributed by atoms with Crippen molar-refractivity contribution in [3.05, 3.63) is 29.3 Å². The van der Waals surface area contributed by atoms with Crippen LogP contribution in [0, 0.1) is 11.6 Å². The molecule has 0 heterocycles. The maximum absolute atomic E-state index is 12.9. The Morgan fingerprint density at radius 3 is 2.08 bits per heavy atom. The zero-order chi connectivity index (χ0) is 9.14. The van der Waals surface area contributed by atoms with Gasteiger partial charge in [0.15, 0.2) is 17.4 Å². The zero-order valence-corrected chi connectivity index (χ0v) is 7.03. The smallest absolute Gasteiger partial charge is 0.190 e. The number of hydrogen-bond donors (Lipinski definition) is 0. The fourth-order valence-corrected chi connectivity index (χ4v) is 1.01. The second-order valence-electron chi connectivity index (χ2n) is 2.45. The van der Waals surface area contributed by atoms with Crippen molar-refractivity contribution < 1.29 is 13.5 Å². The highest BCUT2D eigenvalue weighted by molar-refractivity contribution is 5.31. The van der Waals surface area contributed by atoms with Crippen molar-refractivity contribution >= 4 is 0 Å². The highest BCUT2D eigenvalue weighted by Gasteiger charge is 2.09. The molecule has 0 unspecified atom stereocenters. The Morgan fingerprint density at radius 1 is 1.25 bits per heavy atom. The van der Waals surface area contributed by atoms with Crippen LogP contribution in [0.2, 0.25) is 0 Å². The molecule has 1 rings (SSSR count). The molecule has 0 spiro atoms. The van der Waals surface area contributed by atoms with Crippen LogP contribution in [0.15, 0.2) is 12.1 Å². The van der Waals surface area contributed by atoms with Gasteiger partial charge in [0.2, 0.25) is 0 Å². The standard InChI is InChI=1S/C9H10F2O/c1-3-6-4-7(10)9(12-2)8(11)5-6/h4-5H,3H2,1-2H3. The van der Waals surface area contributed by atoms with Crippen LogP contribution in [0.4, 0.5) is 8.78 Å². The van der Waals surface area contributed by atoms with Gasteiger partial charge in [0.05, 0.1) is 7.11 Å². The molecule has 0 fully saturated rings. The van der Waals surface area contributed by atoms with Gasteiger partial charge in [0, 0.05) is 0 Å². The van der Waals surface area contributed by atoms with Crippen LogP contribution in [0.5, 0.6) is 5.75 Å². The van der Waals surface area contributed by atoms with Gasteiger partial charge in [0.1, 0.15) is 0 Å². The SMILES string of the molecule is CCc1cc(F)c(OC)c(F)c1. The molecule has 66 valence electrons. The Kier molecular flexibility index (Phi) is 2.63. The molecule has 0 aliphatic heterocycles. The molecule has 3 heteroatoms. The molecular weight excluding hydrogens is 162 g/mol. The van der Waals surface area contributed by atoms with Crippen molar-refractivity contribution in [1.29, 1.82) is 0 Å². The van der Waals surface area contributed by atoms with Gasteiger partial charge < -0.3 is 4.74 Å². The quantitative estimate of drug-likeness (QED) is 0.666. The summed E-state index contributed by atoms with van der Waals surface area (Å²) in [6.45, 7) is 1.83. The molecule has 0 bridgehead atoms. The molecule has 0 saturated carbocycles. The predicted molar refractivity (Wildman–Crippen MR) is 42.3 cm³/mol. The van der Waals surface area contributed by atoms with E-state index in [0.29, 0.717) is 12.0 Å². The lowest BCUT2D eigenvalue weighted by Crippen LogP contribution is -1.94. The fourth-order valence-electron chi connectivity index (χ4n) is 1.01. The van der Waals surface area contributed by atoms with Gasteiger partial charge in [0.25, 0.3) is 0 Å². The van der Waals surface area contributed by atoms with Gasteiger partial charge >= 0.3 is 0 Å². The van der Waals surface area contributed by atoms with Gasteiger partial charge in [-0.25, -0.2) is 8.78 Å². The molecule has 1 nitrogen and oxygen atoms in total. The Hall–Kier alpha value is -1.12. The van der Waals surface area contributed by atoms with Crippen LogP contribution in [0.3, 0.4) is 0 Å². The molecule has 0 aliphatic carbocycles. The summed E-state index contributed by atoms with van der Waals surface area (Å²) in [4.78, 5) is 0. The summed E-state index contributed by atoms with van der Waals surface area (Å²) in [7, 11) is 1.24. The number of halogens is 2. The van der Waals surface area contributed by atoms with E-state index in [4.69, 9.17) is 0 Å². The highest BCUT2D eigenvalue weighted by atomic mass is 19.1. The van der Waals surface area contributed by atoms with Crippen LogP contribution >= 0.6 is 0 Å². The van der Waals surface area contributed by atoms with E-state index < -0.39 is 11.6 Å². The van der Waals surface area contributed by atoms with Gasteiger partial charge in [-0.15, -0.1) is 0 Å². The summed E-state index contributed by atoms with van der Waals surface area (Å²) in [5, 5.41) is 0. The highest BCUT2D eigenvalue weighted by Crippen LogP contribution is 2.22. The van der Waals surface area contributed by atoms with Crippen LogP contribution in [-0.4, -0.2) is 7.11 Å². The summed E-state index contributed by atoms with van der Waals surface area (Å²) in [6.07, 6.45) is 0.609. The fraction of sp³-hybridized carbons (Fsp3) is 0.333. The molecular formula is C9H10F2O. The third-order valence-corrected chi connectivity index (χ3v) is 1.67. The lowest BCUT2D eigenvalue weighted by atomic mass is 10.1. The third-order valence-electron chi connectivity index (χ3n) is 1.67. The zero-order valence-electron chi connectivity index (χ0n) is 7.03. The van der Waals surface area contributed by atoms with Crippen molar-refractivity contribution in [2.45, 2.75) is 13.3 Å². The summed E-state index contributed by atoms with van der Waals surface area (Å²) in [5.74, 6) is -1.60. The van der Waals surface area contributed by atoms with E-state index in [1.54, 1.807) is 0 Å². The molecule has 0 aromatic heterocycles. The number of aryl methyl sites for hydroxylation is 1. The minimum Gasteiger partial charge on any atom is -0.491 e. The predicted octanol–water partition coefficient (Wildman–Crippen LogP) is 2.54. The van der Waals surface area contributed by atoms with Crippen molar-refractivity contribution in [1.82, 2.24) is 0 Å². The average Bonchev–Trinajstić information content (AvgIpc) is 2.03. The second-order valence-corrected chi connectivity index (χ2v) is 2.45. The average molecular weight is 172 g/mol. The maximum Gasteiger partial charge on any atom is 0.190 e. The second kappa shape index (κ2) is 3.52. The van der Waals surface area contributed by atoms with E-state index in [1.165, 1.54) is 19.2 Å². The van der Waals surface area contributed by atoms with Crippen molar-refractivity contribution in [3.8, 4) is 5.75 Å². The van der Waals surface area contributed by atoms with E-state index in [1.807, 2.05) is 6.92 Å². The molecule has 0 aliphatic rings. The van der Waals surface area contributed by atoms with Gasteiger partial charge in [-0.2, -0.15) is 0 Å². The first kappa shape index (κ1) is 8.97. The normalized spacial score (nSPS) is 10.0. The van der Waals surface area contributed by atoms with Crippen LogP contribution in [0.1, 0.15) is 12.5 Å². The summed E-state index contributed by atoms with van der Waals surface area (Å²) >= 11 is 0. The molecule has 0 atom stereocenters. The Labute approximate surface area is 70.0 Å². The maximum atomic E-state index is 12.9. The number of rotatable bonds is 2.